The highest BCUT2D eigenvalue weighted by Crippen LogP contribution is 2.52. The van der Waals surface area contributed by atoms with E-state index in [0.29, 0.717) is 0 Å². The molecule has 0 fully saturated rings. The van der Waals surface area contributed by atoms with Crippen molar-refractivity contribution in [2.24, 2.45) is 0 Å². The van der Waals surface area contributed by atoms with Gasteiger partial charge < -0.3 is 4.90 Å². The number of nitrogens with zero attached hydrogens (tertiary/aromatic N) is 1. The normalized spacial score (nSPS) is 12.8. The number of benzene rings is 10. The van der Waals surface area contributed by atoms with E-state index in [1.54, 1.807) is 0 Å². The zero-order valence-corrected chi connectivity index (χ0v) is 33.6. The fourth-order valence-electron chi connectivity index (χ4n) is 9.92. The van der Waals surface area contributed by atoms with Crippen LogP contribution in [0.3, 0.4) is 0 Å². The highest BCUT2D eigenvalue weighted by molar-refractivity contribution is 6.33. The summed E-state index contributed by atoms with van der Waals surface area (Å²) in [5.74, 6) is 0. The number of anilines is 3. The van der Waals surface area contributed by atoms with Crippen LogP contribution in [-0.4, -0.2) is 0 Å². The molecule has 0 unspecified atom stereocenters. The molecule has 11 rings (SSSR count). The van der Waals surface area contributed by atoms with Gasteiger partial charge in [-0.3, -0.25) is 0 Å². The van der Waals surface area contributed by atoms with E-state index < -0.39 is 0 Å². The molecule has 0 spiro atoms. The summed E-state index contributed by atoms with van der Waals surface area (Å²) in [6.07, 6.45) is 0. The van der Waals surface area contributed by atoms with Gasteiger partial charge >= 0.3 is 0 Å². The van der Waals surface area contributed by atoms with Crippen LogP contribution in [-0.2, 0) is 5.41 Å². The molecule has 59 heavy (non-hydrogen) atoms. The van der Waals surface area contributed by atoms with Gasteiger partial charge in [-0.15, -0.1) is 0 Å². The highest BCUT2D eigenvalue weighted by atomic mass is 15.1. The molecule has 0 amide bonds. The summed E-state index contributed by atoms with van der Waals surface area (Å²) in [6.45, 7) is 6.91. The fraction of sp³-hybridized carbons (Fsp3) is 0.0690. The number of rotatable bonds is 6. The van der Waals surface area contributed by atoms with Crippen molar-refractivity contribution < 1.29 is 0 Å². The van der Waals surface area contributed by atoms with E-state index in [1.807, 2.05) is 0 Å². The molecular weight excluding hydrogens is 711 g/mol. The van der Waals surface area contributed by atoms with Crippen molar-refractivity contribution in [2.75, 3.05) is 4.90 Å². The van der Waals surface area contributed by atoms with Crippen LogP contribution in [0, 0.1) is 6.92 Å². The standard InChI is InChI=1S/C58H43N/c1-38-18-17-25-42(34-38)59(44-30-32-47-46-27-15-16-29-53(46)58(2,3)54(47)36-44)43-31-33-49-52(35-43)45-26-13-14-28-48(45)56-51(40-21-9-5-10-22-40)37-50(39-19-7-4-8-20-39)55(57(49)56)41-23-11-6-12-24-41/h4-37H,1-3H3. The van der Waals surface area contributed by atoms with Crippen molar-refractivity contribution in [1.29, 1.82) is 0 Å². The molecule has 0 radical (unpaired) electrons. The van der Waals surface area contributed by atoms with E-state index in [9.17, 15) is 0 Å². The van der Waals surface area contributed by atoms with Gasteiger partial charge in [0, 0.05) is 22.5 Å². The van der Waals surface area contributed by atoms with Crippen LogP contribution in [0.4, 0.5) is 17.1 Å². The third-order valence-electron chi connectivity index (χ3n) is 12.7. The lowest BCUT2D eigenvalue weighted by atomic mass is 9.81. The SMILES string of the molecule is Cc1cccc(N(c2ccc3c(c2)C(C)(C)c2ccccc2-3)c2ccc3c(c2)c2ccccc2c2c(-c4ccccc4)cc(-c4ccccc4)c(-c4ccccc4)c32)c1. The van der Waals surface area contributed by atoms with Gasteiger partial charge in [0.1, 0.15) is 0 Å². The van der Waals surface area contributed by atoms with Crippen LogP contribution in [0.1, 0.15) is 30.5 Å². The molecule has 1 aliphatic rings. The molecule has 10 aromatic rings. The van der Waals surface area contributed by atoms with E-state index in [0.717, 1.165) is 17.1 Å². The first kappa shape index (κ1) is 35.0. The first-order chi connectivity index (χ1) is 29.0. The van der Waals surface area contributed by atoms with Gasteiger partial charge in [0.25, 0.3) is 0 Å². The molecular formula is C58H43N. The van der Waals surface area contributed by atoms with Crippen LogP contribution in [0.5, 0.6) is 0 Å². The Bertz CT molecular complexity index is 3230. The second-order valence-corrected chi connectivity index (χ2v) is 16.5. The van der Waals surface area contributed by atoms with E-state index in [1.165, 1.54) is 93.5 Å². The maximum atomic E-state index is 2.46. The lowest BCUT2D eigenvalue weighted by Gasteiger charge is -2.29. The van der Waals surface area contributed by atoms with Crippen LogP contribution < -0.4 is 4.90 Å². The molecule has 0 bridgehead atoms. The molecule has 0 aromatic heterocycles. The maximum Gasteiger partial charge on any atom is 0.0468 e. The van der Waals surface area contributed by atoms with Crippen LogP contribution in [0.25, 0.3) is 76.8 Å². The Morgan fingerprint density at radius 2 is 0.898 bits per heavy atom. The molecule has 280 valence electrons. The molecule has 0 saturated heterocycles. The van der Waals surface area contributed by atoms with Crippen molar-refractivity contribution in [3.05, 3.63) is 223 Å². The summed E-state index contributed by atoms with van der Waals surface area (Å²) in [6, 6.07) is 76.4. The van der Waals surface area contributed by atoms with Gasteiger partial charge in [0.15, 0.2) is 0 Å². The fourth-order valence-corrected chi connectivity index (χ4v) is 9.92. The Morgan fingerprint density at radius 3 is 1.63 bits per heavy atom. The van der Waals surface area contributed by atoms with Crippen LogP contribution >= 0.6 is 0 Å². The molecule has 1 nitrogen and oxygen atoms in total. The van der Waals surface area contributed by atoms with E-state index in [4.69, 9.17) is 0 Å². The van der Waals surface area contributed by atoms with Gasteiger partial charge in [0.05, 0.1) is 0 Å². The van der Waals surface area contributed by atoms with Crippen molar-refractivity contribution in [2.45, 2.75) is 26.2 Å². The number of aryl methyl sites for hydroxylation is 1. The Labute approximate surface area is 346 Å². The summed E-state index contributed by atoms with van der Waals surface area (Å²) in [7, 11) is 0. The Balaban J connectivity index is 1.25. The minimum Gasteiger partial charge on any atom is -0.310 e. The molecule has 0 aliphatic heterocycles. The average Bonchev–Trinajstić information content (AvgIpc) is 3.52. The summed E-state index contributed by atoms with van der Waals surface area (Å²) < 4.78 is 0. The second kappa shape index (κ2) is 13.7. The van der Waals surface area contributed by atoms with Crippen molar-refractivity contribution >= 4 is 49.4 Å². The summed E-state index contributed by atoms with van der Waals surface area (Å²) >= 11 is 0. The maximum absolute atomic E-state index is 2.46. The number of hydrogen-bond acceptors (Lipinski definition) is 1. The molecule has 0 heterocycles. The summed E-state index contributed by atoms with van der Waals surface area (Å²) in [4.78, 5) is 2.46. The Kier molecular flexibility index (Phi) is 8.13. The third kappa shape index (κ3) is 5.61. The monoisotopic (exact) mass is 753 g/mol. The minimum absolute atomic E-state index is 0.112. The highest BCUT2D eigenvalue weighted by Gasteiger charge is 2.36. The van der Waals surface area contributed by atoms with Gasteiger partial charge in [-0.2, -0.15) is 0 Å². The van der Waals surface area contributed by atoms with Gasteiger partial charge in [-0.05, 0) is 143 Å². The first-order valence-electron chi connectivity index (χ1n) is 20.7. The van der Waals surface area contributed by atoms with Crippen molar-refractivity contribution in [1.82, 2.24) is 0 Å². The quantitative estimate of drug-likeness (QED) is 0.153. The van der Waals surface area contributed by atoms with Crippen molar-refractivity contribution in [3.63, 3.8) is 0 Å². The number of fused-ring (bicyclic) bond motifs is 9. The molecule has 1 aliphatic carbocycles. The Morgan fingerprint density at radius 1 is 0.339 bits per heavy atom. The predicted molar refractivity (Wildman–Crippen MR) is 252 cm³/mol. The molecule has 0 atom stereocenters. The van der Waals surface area contributed by atoms with E-state index in [2.05, 4.69) is 232 Å². The molecule has 0 N–H and O–H groups in total. The van der Waals surface area contributed by atoms with Crippen molar-refractivity contribution in [3.8, 4) is 44.5 Å². The molecule has 10 aromatic carbocycles. The van der Waals surface area contributed by atoms with Gasteiger partial charge in [-0.25, -0.2) is 0 Å². The summed E-state index contributed by atoms with van der Waals surface area (Å²) in [5, 5.41) is 7.53. The zero-order chi connectivity index (χ0) is 39.7. The van der Waals surface area contributed by atoms with E-state index in [-0.39, 0.29) is 5.41 Å². The zero-order valence-electron chi connectivity index (χ0n) is 33.6. The topological polar surface area (TPSA) is 3.24 Å². The second-order valence-electron chi connectivity index (χ2n) is 16.5. The minimum atomic E-state index is -0.112. The number of hydrogen-bond donors (Lipinski definition) is 0. The smallest absolute Gasteiger partial charge is 0.0468 e. The lowest BCUT2D eigenvalue weighted by Crippen LogP contribution is -2.16. The molecule has 1 heteroatoms. The average molecular weight is 754 g/mol. The van der Waals surface area contributed by atoms with Gasteiger partial charge in [-0.1, -0.05) is 178 Å². The first-order valence-corrected chi connectivity index (χ1v) is 20.7. The lowest BCUT2D eigenvalue weighted by molar-refractivity contribution is 0.660. The molecule has 0 saturated carbocycles. The largest absolute Gasteiger partial charge is 0.310 e. The predicted octanol–water partition coefficient (Wildman–Crippen LogP) is 16.2. The summed E-state index contributed by atoms with van der Waals surface area (Å²) in [5.41, 5.74) is 17.3. The van der Waals surface area contributed by atoms with Crippen LogP contribution in [0.2, 0.25) is 0 Å². The van der Waals surface area contributed by atoms with Gasteiger partial charge in [0.2, 0.25) is 0 Å². The Hall–Kier alpha value is -7.22. The van der Waals surface area contributed by atoms with E-state index >= 15 is 0 Å². The third-order valence-corrected chi connectivity index (χ3v) is 12.7. The van der Waals surface area contributed by atoms with Crippen LogP contribution in [0.15, 0.2) is 206 Å².